The summed E-state index contributed by atoms with van der Waals surface area (Å²) in [5.74, 6) is -0.369. The van der Waals surface area contributed by atoms with Crippen LogP contribution in [0.2, 0.25) is 0 Å². The minimum absolute atomic E-state index is 0.0379. The number of hydrogen-bond donors (Lipinski definition) is 2. The van der Waals surface area contributed by atoms with Crippen LogP contribution in [0, 0.1) is 13.8 Å². The number of anilines is 1. The Morgan fingerprint density at radius 1 is 1.12 bits per heavy atom. The summed E-state index contributed by atoms with van der Waals surface area (Å²) in [5, 5.41) is 2.53. The molecule has 0 spiro atoms. The standard InChI is InChI=1S/C18H19F3N2O/c1-11-3-4-12(2)14(5-11)8-17(24)23-16-7-13(10-22)6-15(9-16)18(19,20)21/h3-7,9H,8,10,22H2,1-2H3,(H,23,24). The number of alkyl halides is 3. The highest BCUT2D eigenvalue weighted by Gasteiger charge is 2.31. The molecular formula is C18H19F3N2O. The highest BCUT2D eigenvalue weighted by atomic mass is 19.4. The number of rotatable bonds is 4. The van der Waals surface area contributed by atoms with Gasteiger partial charge in [0.1, 0.15) is 0 Å². The molecule has 0 atom stereocenters. The molecule has 2 aromatic carbocycles. The van der Waals surface area contributed by atoms with E-state index in [0.29, 0.717) is 5.56 Å². The average Bonchev–Trinajstić information content (AvgIpc) is 2.49. The number of carbonyl (C=O) groups is 1. The number of carbonyl (C=O) groups excluding carboxylic acids is 1. The van der Waals surface area contributed by atoms with Crippen molar-refractivity contribution < 1.29 is 18.0 Å². The van der Waals surface area contributed by atoms with E-state index >= 15 is 0 Å². The molecule has 0 unspecified atom stereocenters. The van der Waals surface area contributed by atoms with E-state index in [4.69, 9.17) is 5.73 Å². The van der Waals surface area contributed by atoms with Crippen LogP contribution in [-0.4, -0.2) is 5.91 Å². The third-order valence-corrected chi connectivity index (χ3v) is 3.70. The van der Waals surface area contributed by atoms with Gasteiger partial charge in [0, 0.05) is 12.2 Å². The summed E-state index contributed by atoms with van der Waals surface area (Å²) in [6.07, 6.45) is -4.39. The monoisotopic (exact) mass is 336 g/mol. The first-order valence-electron chi connectivity index (χ1n) is 7.46. The number of nitrogens with two attached hydrogens (primary N) is 1. The Balaban J connectivity index is 2.21. The predicted molar refractivity (Wildman–Crippen MR) is 87.6 cm³/mol. The zero-order valence-electron chi connectivity index (χ0n) is 13.5. The maximum absolute atomic E-state index is 12.9. The maximum atomic E-state index is 12.9. The van der Waals surface area contributed by atoms with Crippen LogP contribution in [0.4, 0.5) is 18.9 Å². The molecule has 0 saturated heterocycles. The van der Waals surface area contributed by atoms with Crippen LogP contribution in [0.15, 0.2) is 36.4 Å². The van der Waals surface area contributed by atoms with E-state index in [9.17, 15) is 18.0 Å². The van der Waals surface area contributed by atoms with Gasteiger partial charge >= 0.3 is 6.18 Å². The Labute approximate surface area is 138 Å². The Hall–Kier alpha value is -2.34. The maximum Gasteiger partial charge on any atom is 0.416 e. The van der Waals surface area contributed by atoms with Gasteiger partial charge in [-0.1, -0.05) is 23.8 Å². The molecule has 0 aromatic heterocycles. The Morgan fingerprint density at radius 3 is 2.46 bits per heavy atom. The number of benzene rings is 2. The SMILES string of the molecule is Cc1ccc(C)c(CC(=O)Nc2cc(CN)cc(C(F)(F)F)c2)c1. The summed E-state index contributed by atoms with van der Waals surface area (Å²) >= 11 is 0. The predicted octanol–water partition coefficient (Wildman–Crippen LogP) is 3.96. The van der Waals surface area contributed by atoms with Crippen molar-refractivity contribution in [2.24, 2.45) is 5.73 Å². The van der Waals surface area contributed by atoms with Crippen molar-refractivity contribution in [1.82, 2.24) is 0 Å². The van der Waals surface area contributed by atoms with Crippen molar-refractivity contribution in [2.75, 3.05) is 5.32 Å². The molecule has 2 aromatic rings. The van der Waals surface area contributed by atoms with E-state index in [1.807, 2.05) is 32.0 Å². The quantitative estimate of drug-likeness (QED) is 0.888. The van der Waals surface area contributed by atoms with Gasteiger partial charge in [-0.3, -0.25) is 4.79 Å². The second-order valence-corrected chi connectivity index (χ2v) is 5.78. The molecule has 1 amide bonds. The van der Waals surface area contributed by atoms with Crippen LogP contribution in [-0.2, 0) is 23.9 Å². The molecule has 128 valence electrons. The van der Waals surface area contributed by atoms with Gasteiger partial charge in [0.2, 0.25) is 5.91 Å². The fourth-order valence-corrected chi connectivity index (χ4v) is 2.41. The van der Waals surface area contributed by atoms with Crippen LogP contribution in [0.3, 0.4) is 0 Å². The van der Waals surface area contributed by atoms with Crippen molar-refractivity contribution in [1.29, 1.82) is 0 Å². The molecule has 2 rings (SSSR count). The molecule has 0 saturated carbocycles. The van der Waals surface area contributed by atoms with E-state index in [2.05, 4.69) is 5.32 Å². The number of hydrogen-bond acceptors (Lipinski definition) is 2. The Morgan fingerprint density at radius 2 is 1.83 bits per heavy atom. The van der Waals surface area contributed by atoms with Gasteiger partial charge in [0.25, 0.3) is 0 Å². The lowest BCUT2D eigenvalue weighted by Crippen LogP contribution is -2.16. The van der Waals surface area contributed by atoms with Crippen molar-refractivity contribution >= 4 is 11.6 Å². The summed E-state index contributed by atoms with van der Waals surface area (Å²) in [5.41, 5.74) is 7.85. The molecule has 0 heterocycles. The van der Waals surface area contributed by atoms with E-state index in [1.54, 1.807) is 0 Å². The van der Waals surface area contributed by atoms with E-state index in [-0.39, 0.29) is 24.6 Å². The van der Waals surface area contributed by atoms with Crippen molar-refractivity contribution in [2.45, 2.75) is 33.0 Å². The second-order valence-electron chi connectivity index (χ2n) is 5.78. The molecule has 24 heavy (non-hydrogen) atoms. The van der Waals surface area contributed by atoms with E-state index < -0.39 is 11.7 Å². The fourth-order valence-electron chi connectivity index (χ4n) is 2.41. The lowest BCUT2D eigenvalue weighted by molar-refractivity contribution is -0.137. The number of halogens is 3. The summed E-state index contributed by atoms with van der Waals surface area (Å²) in [6.45, 7) is 3.77. The first-order chi connectivity index (χ1) is 11.2. The second kappa shape index (κ2) is 7.05. The molecule has 0 aliphatic carbocycles. The third-order valence-electron chi connectivity index (χ3n) is 3.70. The fraction of sp³-hybridized carbons (Fsp3) is 0.278. The molecule has 0 aliphatic rings. The van der Waals surface area contributed by atoms with E-state index in [1.165, 1.54) is 6.07 Å². The van der Waals surface area contributed by atoms with Crippen LogP contribution in [0.25, 0.3) is 0 Å². The van der Waals surface area contributed by atoms with Crippen LogP contribution in [0.1, 0.15) is 27.8 Å². The van der Waals surface area contributed by atoms with Crippen LogP contribution >= 0.6 is 0 Å². The molecule has 3 N–H and O–H groups in total. The molecule has 6 heteroatoms. The van der Waals surface area contributed by atoms with Crippen LogP contribution in [0.5, 0.6) is 0 Å². The first-order valence-corrected chi connectivity index (χ1v) is 7.46. The molecule has 0 fully saturated rings. The van der Waals surface area contributed by atoms with Gasteiger partial charge in [-0.05, 0) is 48.7 Å². The van der Waals surface area contributed by atoms with Crippen molar-refractivity contribution in [3.63, 3.8) is 0 Å². The lowest BCUT2D eigenvalue weighted by Gasteiger charge is -2.13. The zero-order chi connectivity index (χ0) is 17.9. The topological polar surface area (TPSA) is 55.1 Å². The largest absolute Gasteiger partial charge is 0.416 e. The van der Waals surface area contributed by atoms with Crippen LogP contribution < -0.4 is 11.1 Å². The van der Waals surface area contributed by atoms with E-state index in [0.717, 1.165) is 28.8 Å². The highest BCUT2D eigenvalue weighted by Crippen LogP contribution is 2.32. The van der Waals surface area contributed by atoms with Gasteiger partial charge in [-0.2, -0.15) is 13.2 Å². The van der Waals surface area contributed by atoms with Gasteiger partial charge < -0.3 is 11.1 Å². The summed E-state index contributed by atoms with van der Waals surface area (Å²) in [4.78, 5) is 12.2. The first kappa shape index (κ1) is 18.0. The van der Waals surface area contributed by atoms with Gasteiger partial charge in [0.15, 0.2) is 0 Å². The normalized spacial score (nSPS) is 11.4. The Kier molecular flexibility index (Phi) is 5.29. The summed E-state index contributed by atoms with van der Waals surface area (Å²) < 4.78 is 38.7. The number of aryl methyl sites for hydroxylation is 2. The molecular weight excluding hydrogens is 317 g/mol. The molecule has 0 aliphatic heterocycles. The molecule has 0 radical (unpaired) electrons. The van der Waals surface area contributed by atoms with Gasteiger partial charge in [-0.25, -0.2) is 0 Å². The number of amides is 1. The Bertz CT molecular complexity index is 754. The van der Waals surface area contributed by atoms with Gasteiger partial charge in [-0.15, -0.1) is 0 Å². The average molecular weight is 336 g/mol. The highest BCUT2D eigenvalue weighted by molar-refractivity contribution is 5.92. The van der Waals surface area contributed by atoms with Crippen molar-refractivity contribution in [3.05, 3.63) is 64.2 Å². The molecule has 3 nitrogen and oxygen atoms in total. The summed E-state index contributed by atoms with van der Waals surface area (Å²) in [7, 11) is 0. The molecule has 0 bridgehead atoms. The number of nitrogens with one attached hydrogen (secondary N) is 1. The third kappa shape index (κ3) is 4.58. The zero-order valence-corrected chi connectivity index (χ0v) is 13.5. The smallest absolute Gasteiger partial charge is 0.326 e. The van der Waals surface area contributed by atoms with Crippen molar-refractivity contribution in [3.8, 4) is 0 Å². The lowest BCUT2D eigenvalue weighted by atomic mass is 10.0. The minimum Gasteiger partial charge on any atom is -0.326 e. The minimum atomic E-state index is -4.49. The summed E-state index contributed by atoms with van der Waals surface area (Å²) in [6, 6.07) is 9.11. The van der Waals surface area contributed by atoms with Gasteiger partial charge in [0.05, 0.1) is 12.0 Å².